The molecule has 144 valence electrons. The highest BCUT2D eigenvalue weighted by Gasteiger charge is 2.30. The number of halogens is 3. The molecule has 1 amide bonds. The molecule has 2 aliphatic rings. The largest absolute Gasteiger partial charge is 0.416 e. The minimum absolute atomic E-state index is 0.179. The summed E-state index contributed by atoms with van der Waals surface area (Å²) < 4.78 is 37.8. The van der Waals surface area contributed by atoms with Crippen LogP contribution in [0, 0.1) is 5.92 Å². The van der Waals surface area contributed by atoms with Crippen LogP contribution in [0.15, 0.2) is 24.3 Å². The van der Waals surface area contributed by atoms with Crippen LogP contribution in [0.2, 0.25) is 0 Å². The van der Waals surface area contributed by atoms with E-state index >= 15 is 0 Å². The van der Waals surface area contributed by atoms with Crippen molar-refractivity contribution in [3.05, 3.63) is 35.4 Å². The summed E-state index contributed by atoms with van der Waals surface area (Å²) in [6.45, 7) is 2.37. The molecule has 1 aliphatic heterocycles. The number of piperidine rings is 1. The Morgan fingerprint density at radius 3 is 2.23 bits per heavy atom. The van der Waals surface area contributed by atoms with E-state index in [4.69, 9.17) is 0 Å². The van der Waals surface area contributed by atoms with E-state index in [-0.39, 0.29) is 11.9 Å². The van der Waals surface area contributed by atoms with Crippen LogP contribution >= 0.6 is 0 Å². The first-order valence-corrected chi connectivity index (χ1v) is 9.58. The topological polar surface area (TPSA) is 32.3 Å². The molecule has 1 aromatic rings. The highest BCUT2D eigenvalue weighted by molar-refractivity contribution is 5.76. The van der Waals surface area contributed by atoms with Gasteiger partial charge in [0.1, 0.15) is 0 Å². The zero-order valence-corrected chi connectivity index (χ0v) is 15.0. The summed E-state index contributed by atoms with van der Waals surface area (Å²) in [6, 6.07) is 5.63. The number of carbonyl (C=O) groups excluding carboxylic acids is 1. The van der Waals surface area contributed by atoms with Crippen molar-refractivity contribution in [1.82, 2.24) is 10.2 Å². The van der Waals surface area contributed by atoms with Gasteiger partial charge in [0.15, 0.2) is 0 Å². The number of carbonyl (C=O) groups is 1. The molecular weight excluding hydrogens is 341 g/mol. The fourth-order valence-corrected chi connectivity index (χ4v) is 4.06. The molecule has 1 saturated carbocycles. The SMILES string of the molecule is O=C(CC1CCCC1)NC1CCN(Cc2ccc(C(F)(F)F)cc2)CC1. The zero-order valence-electron chi connectivity index (χ0n) is 15.0. The van der Waals surface area contributed by atoms with E-state index in [0.29, 0.717) is 18.9 Å². The smallest absolute Gasteiger partial charge is 0.353 e. The van der Waals surface area contributed by atoms with E-state index < -0.39 is 11.7 Å². The molecule has 0 spiro atoms. The molecule has 3 rings (SSSR count). The Kier molecular flexibility index (Phi) is 6.22. The number of alkyl halides is 3. The van der Waals surface area contributed by atoms with Crippen LogP contribution in [-0.4, -0.2) is 29.9 Å². The van der Waals surface area contributed by atoms with E-state index in [1.807, 2.05) is 0 Å². The van der Waals surface area contributed by atoms with Crippen LogP contribution in [-0.2, 0) is 17.5 Å². The molecule has 1 aromatic carbocycles. The second kappa shape index (κ2) is 8.42. The third kappa shape index (κ3) is 5.47. The molecule has 0 radical (unpaired) electrons. The Morgan fingerprint density at radius 2 is 1.65 bits per heavy atom. The van der Waals surface area contributed by atoms with Gasteiger partial charge in [0, 0.05) is 32.1 Å². The Labute approximate surface area is 152 Å². The fourth-order valence-electron chi connectivity index (χ4n) is 4.06. The van der Waals surface area contributed by atoms with Crippen LogP contribution in [0.5, 0.6) is 0 Å². The summed E-state index contributed by atoms with van der Waals surface area (Å²) in [7, 11) is 0. The minimum atomic E-state index is -4.28. The van der Waals surface area contributed by atoms with E-state index in [1.165, 1.54) is 25.7 Å². The molecular formula is C20H27F3N2O. The zero-order chi connectivity index (χ0) is 18.6. The first-order valence-electron chi connectivity index (χ1n) is 9.58. The van der Waals surface area contributed by atoms with E-state index in [0.717, 1.165) is 43.6 Å². The van der Waals surface area contributed by atoms with Gasteiger partial charge in [0.2, 0.25) is 5.91 Å². The average Bonchev–Trinajstić information content (AvgIpc) is 3.09. The Hall–Kier alpha value is -1.56. The maximum atomic E-state index is 12.6. The minimum Gasteiger partial charge on any atom is -0.353 e. The lowest BCUT2D eigenvalue weighted by Gasteiger charge is -2.32. The van der Waals surface area contributed by atoms with E-state index in [9.17, 15) is 18.0 Å². The summed E-state index contributed by atoms with van der Waals surface area (Å²) in [4.78, 5) is 14.4. The predicted molar refractivity (Wildman–Crippen MR) is 94.5 cm³/mol. The molecule has 6 heteroatoms. The van der Waals surface area contributed by atoms with Crippen molar-refractivity contribution in [1.29, 1.82) is 0 Å². The lowest BCUT2D eigenvalue weighted by atomic mass is 10.0. The summed E-state index contributed by atoms with van der Waals surface area (Å²) >= 11 is 0. The van der Waals surface area contributed by atoms with Gasteiger partial charge in [-0.2, -0.15) is 13.2 Å². The number of nitrogens with one attached hydrogen (secondary N) is 1. The maximum absolute atomic E-state index is 12.6. The average molecular weight is 368 g/mol. The van der Waals surface area contributed by atoms with Crippen LogP contribution < -0.4 is 5.32 Å². The van der Waals surface area contributed by atoms with Crippen LogP contribution in [0.3, 0.4) is 0 Å². The van der Waals surface area contributed by atoms with Crippen LogP contribution in [0.1, 0.15) is 56.1 Å². The lowest BCUT2D eigenvalue weighted by Crippen LogP contribution is -2.44. The molecule has 0 atom stereocenters. The van der Waals surface area contributed by atoms with Crippen molar-refractivity contribution < 1.29 is 18.0 Å². The van der Waals surface area contributed by atoms with Crippen molar-refractivity contribution >= 4 is 5.91 Å². The van der Waals surface area contributed by atoms with Gasteiger partial charge in [0.05, 0.1) is 5.56 Å². The summed E-state index contributed by atoms with van der Waals surface area (Å²) in [5.41, 5.74) is 0.284. The number of rotatable bonds is 5. The third-order valence-electron chi connectivity index (χ3n) is 5.59. The van der Waals surface area contributed by atoms with Gasteiger partial charge < -0.3 is 5.32 Å². The summed E-state index contributed by atoms with van der Waals surface area (Å²) in [5.74, 6) is 0.743. The molecule has 1 saturated heterocycles. The normalized spacial score (nSPS) is 20.4. The van der Waals surface area contributed by atoms with Gasteiger partial charge in [-0.15, -0.1) is 0 Å². The first-order chi connectivity index (χ1) is 12.4. The first kappa shape index (κ1) is 19.2. The fraction of sp³-hybridized carbons (Fsp3) is 0.650. The van der Waals surface area contributed by atoms with Crippen molar-refractivity contribution in [2.75, 3.05) is 13.1 Å². The van der Waals surface area contributed by atoms with Gasteiger partial charge in [-0.25, -0.2) is 0 Å². The lowest BCUT2D eigenvalue weighted by molar-refractivity contribution is -0.137. The molecule has 1 N–H and O–H groups in total. The standard InChI is InChI=1S/C20H27F3N2O/c21-20(22,23)17-7-5-16(6-8-17)14-25-11-9-18(10-12-25)24-19(26)13-15-3-1-2-4-15/h5-8,15,18H,1-4,9-14H2,(H,24,26). The van der Waals surface area contributed by atoms with E-state index in [2.05, 4.69) is 10.2 Å². The van der Waals surface area contributed by atoms with Gasteiger partial charge in [0.25, 0.3) is 0 Å². The number of benzene rings is 1. The molecule has 0 bridgehead atoms. The number of hydrogen-bond donors (Lipinski definition) is 1. The molecule has 26 heavy (non-hydrogen) atoms. The van der Waals surface area contributed by atoms with Gasteiger partial charge >= 0.3 is 6.18 Å². The van der Waals surface area contributed by atoms with Crippen molar-refractivity contribution in [3.63, 3.8) is 0 Å². The van der Waals surface area contributed by atoms with Gasteiger partial charge in [-0.1, -0.05) is 25.0 Å². The molecule has 1 aliphatic carbocycles. The second-order valence-electron chi connectivity index (χ2n) is 7.67. The Bertz CT molecular complexity index is 586. The monoisotopic (exact) mass is 368 g/mol. The highest BCUT2D eigenvalue weighted by atomic mass is 19.4. The molecule has 2 fully saturated rings. The molecule has 0 unspecified atom stereocenters. The second-order valence-corrected chi connectivity index (χ2v) is 7.67. The number of hydrogen-bond acceptors (Lipinski definition) is 2. The quantitative estimate of drug-likeness (QED) is 0.837. The van der Waals surface area contributed by atoms with Crippen molar-refractivity contribution in [3.8, 4) is 0 Å². The Morgan fingerprint density at radius 1 is 1.04 bits per heavy atom. The maximum Gasteiger partial charge on any atom is 0.416 e. The predicted octanol–water partition coefficient (Wildman–Crippen LogP) is 4.37. The molecule has 1 heterocycles. The Balaban J connectivity index is 1.40. The number of amides is 1. The van der Waals surface area contributed by atoms with Gasteiger partial charge in [-0.3, -0.25) is 9.69 Å². The summed E-state index contributed by atoms with van der Waals surface area (Å²) in [6.07, 6.45) is 3.03. The highest BCUT2D eigenvalue weighted by Crippen LogP contribution is 2.29. The van der Waals surface area contributed by atoms with Crippen LogP contribution in [0.4, 0.5) is 13.2 Å². The molecule has 0 aromatic heterocycles. The third-order valence-corrected chi connectivity index (χ3v) is 5.59. The molecule has 3 nitrogen and oxygen atoms in total. The number of likely N-dealkylation sites (tertiary alicyclic amines) is 1. The van der Waals surface area contributed by atoms with Crippen molar-refractivity contribution in [2.24, 2.45) is 5.92 Å². The van der Waals surface area contributed by atoms with Crippen molar-refractivity contribution in [2.45, 2.75) is 63.7 Å². The van der Waals surface area contributed by atoms with Crippen LogP contribution in [0.25, 0.3) is 0 Å². The van der Waals surface area contributed by atoms with Gasteiger partial charge in [-0.05, 0) is 49.3 Å². The summed E-state index contributed by atoms with van der Waals surface area (Å²) in [5, 5.41) is 3.16. The number of nitrogens with zero attached hydrogens (tertiary/aromatic N) is 1. The van der Waals surface area contributed by atoms with E-state index in [1.54, 1.807) is 12.1 Å².